The zero-order chi connectivity index (χ0) is 13.7. The fraction of sp³-hybridized carbons (Fsp3) is 0.438. The largest absolute Gasteiger partial charge is 0.478 e. The van der Waals surface area contributed by atoms with Gasteiger partial charge in [0.05, 0.1) is 0 Å². The maximum Gasteiger partial charge on any atom is 0.328 e. The summed E-state index contributed by atoms with van der Waals surface area (Å²) in [5.74, 6) is -0.142. The third-order valence-electron chi connectivity index (χ3n) is 3.60. The van der Waals surface area contributed by atoms with E-state index in [4.69, 9.17) is 5.11 Å². The smallest absolute Gasteiger partial charge is 0.328 e. The molecule has 1 saturated heterocycles. The van der Waals surface area contributed by atoms with Crippen molar-refractivity contribution >= 4 is 12.0 Å². The van der Waals surface area contributed by atoms with Crippen LogP contribution in [0.2, 0.25) is 0 Å². The SMILES string of the molecule is CC1CCCN(Cc2ccccc2C=CC(=O)O)C1. The van der Waals surface area contributed by atoms with Crippen LogP contribution >= 0.6 is 0 Å². The molecule has 2 rings (SSSR count). The molecule has 0 aliphatic carbocycles. The Labute approximate surface area is 114 Å². The number of likely N-dealkylation sites (tertiary alicyclic amines) is 1. The molecular formula is C16H21NO2. The summed E-state index contributed by atoms with van der Waals surface area (Å²) in [6, 6.07) is 8.02. The van der Waals surface area contributed by atoms with E-state index in [-0.39, 0.29) is 0 Å². The topological polar surface area (TPSA) is 40.5 Å². The Morgan fingerprint density at radius 2 is 2.26 bits per heavy atom. The van der Waals surface area contributed by atoms with Gasteiger partial charge in [0.25, 0.3) is 0 Å². The van der Waals surface area contributed by atoms with Crippen molar-refractivity contribution in [2.24, 2.45) is 5.92 Å². The minimum absolute atomic E-state index is 0.760. The third kappa shape index (κ3) is 4.21. The highest BCUT2D eigenvalue weighted by Gasteiger charge is 2.16. The van der Waals surface area contributed by atoms with Crippen molar-refractivity contribution < 1.29 is 9.90 Å². The summed E-state index contributed by atoms with van der Waals surface area (Å²) >= 11 is 0. The lowest BCUT2D eigenvalue weighted by atomic mass is 9.99. The number of carbonyl (C=O) groups is 1. The van der Waals surface area contributed by atoms with Crippen LogP contribution in [-0.4, -0.2) is 29.1 Å². The predicted molar refractivity (Wildman–Crippen MR) is 76.8 cm³/mol. The first kappa shape index (κ1) is 13.8. The zero-order valence-corrected chi connectivity index (χ0v) is 11.4. The number of rotatable bonds is 4. The summed E-state index contributed by atoms with van der Waals surface area (Å²) in [5.41, 5.74) is 2.21. The first-order chi connectivity index (χ1) is 9.15. The van der Waals surface area contributed by atoms with Crippen LogP contribution < -0.4 is 0 Å². The van der Waals surface area contributed by atoms with Gasteiger partial charge in [-0.15, -0.1) is 0 Å². The maximum atomic E-state index is 10.6. The van der Waals surface area contributed by atoms with Gasteiger partial charge in [-0.3, -0.25) is 4.90 Å². The lowest BCUT2D eigenvalue weighted by molar-refractivity contribution is -0.131. The van der Waals surface area contributed by atoms with Crippen LogP contribution in [0.25, 0.3) is 6.08 Å². The van der Waals surface area contributed by atoms with E-state index >= 15 is 0 Å². The normalized spacial score (nSPS) is 20.8. The van der Waals surface area contributed by atoms with Crippen LogP contribution in [0.15, 0.2) is 30.3 Å². The average molecular weight is 259 g/mol. The summed E-state index contributed by atoms with van der Waals surface area (Å²) in [7, 11) is 0. The fourth-order valence-electron chi connectivity index (χ4n) is 2.67. The first-order valence-electron chi connectivity index (χ1n) is 6.86. The van der Waals surface area contributed by atoms with Crippen molar-refractivity contribution in [1.82, 2.24) is 4.90 Å². The van der Waals surface area contributed by atoms with Crippen LogP contribution in [0, 0.1) is 5.92 Å². The Kier molecular flexibility index (Phi) is 4.74. The van der Waals surface area contributed by atoms with E-state index in [1.54, 1.807) is 6.08 Å². The van der Waals surface area contributed by atoms with Gasteiger partial charge in [-0.05, 0) is 42.5 Å². The van der Waals surface area contributed by atoms with Crippen LogP contribution in [0.5, 0.6) is 0 Å². The molecule has 1 fully saturated rings. The molecule has 19 heavy (non-hydrogen) atoms. The van der Waals surface area contributed by atoms with E-state index < -0.39 is 5.97 Å². The summed E-state index contributed by atoms with van der Waals surface area (Å²) < 4.78 is 0. The quantitative estimate of drug-likeness (QED) is 0.845. The second-order valence-electron chi connectivity index (χ2n) is 5.35. The standard InChI is InChI=1S/C16H21NO2/c1-13-5-4-10-17(11-13)12-15-7-3-2-6-14(15)8-9-16(18)19/h2-3,6-9,13H,4-5,10-12H2,1H3,(H,18,19). The molecule has 1 aliphatic heterocycles. The van der Waals surface area contributed by atoms with E-state index in [0.29, 0.717) is 0 Å². The Balaban J connectivity index is 2.09. The van der Waals surface area contributed by atoms with Crippen LogP contribution in [0.1, 0.15) is 30.9 Å². The Morgan fingerprint density at radius 3 is 3.00 bits per heavy atom. The molecule has 3 nitrogen and oxygen atoms in total. The van der Waals surface area contributed by atoms with Crippen molar-refractivity contribution in [2.75, 3.05) is 13.1 Å². The third-order valence-corrected chi connectivity index (χ3v) is 3.60. The molecule has 0 bridgehead atoms. The van der Waals surface area contributed by atoms with E-state index in [2.05, 4.69) is 17.9 Å². The fourth-order valence-corrected chi connectivity index (χ4v) is 2.67. The molecule has 0 spiro atoms. The summed E-state index contributed by atoms with van der Waals surface area (Å²) in [4.78, 5) is 13.1. The Hall–Kier alpha value is -1.61. The summed E-state index contributed by atoms with van der Waals surface area (Å²) in [6.07, 6.45) is 5.47. The molecule has 1 N–H and O–H groups in total. The molecule has 0 radical (unpaired) electrons. The number of benzene rings is 1. The minimum Gasteiger partial charge on any atom is -0.478 e. The molecule has 0 aromatic heterocycles. The highest BCUT2D eigenvalue weighted by molar-refractivity contribution is 5.85. The number of piperidine rings is 1. The van der Waals surface area contributed by atoms with Crippen LogP contribution in [0.3, 0.4) is 0 Å². The second kappa shape index (κ2) is 6.53. The van der Waals surface area contributed by atoms with Gasteiger partial charge in [-0.2, -0.15) is 0 Å². The van der Waals surface area contributed by atoms with E-state index in [9.17, 15) is 4.79 Å². The predicted octanol–water partition coefficient (Wildman–Crippen LogP) is 3.02. The van der Waals surface area contributed by atoms with E-state index in [1.807, 2.05) is 18.2 Å². The van der Waals surface area contributed by atoms with Gasteiger partial charge in [0.1, 0.15) is 0 Å². The number of carboxylic acid groups (broad SMARTS) is 1. The number of carboxylic acids is 1. The van der Waals surface area contributed by atoms with E-state index in [0.717, 1.165) is 31.1 Å². The number of aliphatic carboxylic acids is 1. The highest BCUT2D eigenvalue weighted by atomic mass is 16.4. The molecule has 1 aromatic rings. The lowest BCUT2D eigenvalue weighted by Crippen LogP contribution is -2.33. The molecule has 1 unspecified atom stereocenters. The highest BCUT2D eigenvalue weighted by Crippen LogP contribution is 2.20. The van der Waals surface area contributed by atoms with Crippen molar-refractivity contribution in [1.29, 1.82) is 0 Å². The van der Waals surface area contributed by atoms with Gasteiger partial charge in [-0.25, -0.2) is 4.79 Å². The number of nitrogens with zero attached hydrogens (tertiary/aromatic N) is 1. The van der Waals surface area contributed by atoms with E-state index in [1.165, 1.54) is 24.5 Å². The average Bonchev–Trinajstić information content (AvgIpc) is 2.38. The van der Waals surface area contributed by atoms with Crippen molar-refractivity contribution in [3.63, 3.8) is 0 Å². The maximum absolute atomic E-state index is 10.6. The van der Waals surface area contributed by atoms with Gasteiger partial charge in [0, 0.05) is 19.2 Å². The van der Waals surface area contributed by atoms with Gasteiger partial charge < -0.3 is 5.11 Å². The molecule has 1 heterocycles. The molecule has 3 heteroatoms. The molecule has 0 amide bonds. The lowest BCUT2D eigenvalue weighted by Gasteiger charge is -2.31. The molecule has 1 aliphatic rings. The van der Waals surface area contributed by atoms with Crippen molar-refractivity contribution in [2.45, 2.75) is 26.3 Å². The molecule has 1 atom stereocenters. The summed E-state index contributed by atoms with van der Waals surface area (Å²) in [6.45, 7) is 5.48. The summed E-state index contributed by atoms with van der Waals surface area (Å²) in [5, 5.41) is 8.72. The van der Waals surface area contributed by atoms with Crippen LogP contribution in [0.4, 0.5) is 0 Å². The van der Waals surface area contributed by atoms with Crippen LogP contribution in [-0.2, 0) is 11.3 Å². The van der Waals surface area contributed by atoms with Crippen molar-refractivity contribution in [3.05, 3.63) is 41.5 Å². The second-order valence-corrected chi connectivity index (χ2v) is 5.35. The molecule has 1 aromatic carbocycles. The Bertz CT molecular complexity index is 468. The van der Waals surface area contributed by atoms with Gasteiger partial charge in [-0.1, -0.05) is 31.2 Å². The number of hydrogen-bond acceptors (Lipinski definition) is 2. The van der Waals surface area contributed by atoms with Gasteiger partial charge in [0.2, 0.25) is 0 Å². The monoisotopic (exact) mass is 259 g/mol. The zero-order valence-electron chi connectivity index (χ0n) is 11.4. The number of hydrogen-bond donors (Lipinski definition) is 1. The van der Waals surface area contributed by atoms with Crippen molar-refractivity contribution in [3.8, 4) is 0 Å². The molecule has 102 valence electrons. The van der Waals surface area contributed by atoms with Gasteiger partial charge >= 0.3 is 5.97 Å². The minimum atomic E-state index is -0.901. The Morgan fingerprint density at radius 1 is 1.47 bits per heavy atom. The first-order valence-corrected chi connectivity index (χ1v) is 6.86. The molecule has 0 saturated carbocycles. The van der Waals surface area contributed by atoms with Gasteiger partial charge in [0.15, 0.2) is 0 Å². The molecular weight excluding hydrogens is 238 g/mol.